The summed E-state index contributed by atoms with van der Waals surface area (Å²) in [5, 5.41) is 7.16. The van der Waals surface area contributed by atoms with Crippen molar-refractivity contribution in [3.8, 4) is 22.8 Å². The fourth-order valence-electron chi connectivity index (χ4n) is 5.96. The van der Waals surface area contributed by atoms with Gasteiger partial charge in [-0.2, -0.15) is 4.98 Å². The van der Waals surface area contributed by atoms with Crippen LogP contribution in [0.25, 0.3) is 88.5 Å². The summed E-state index contributed by atoms with van der Waals surface area (Å²) in [5.41, 5.74) is 6.45. The first-order chi connectivity index (χ1) is 19.8. The minimum atomic E-state index is 0.528. The highest BCUT2D eigenvalue weighted by atomic mass is 16.3. The third-order valence-corrected chi connectivity index (χ3v) is 7.70. The van der Waals surface area contributed by atoms with Crippen molar-refractivity contribution in [3.05, 3.63) is 115 Å². The molecule has 5 nitrogen and oxygen atoms in total. The molecule has 9 aromatic rings. The predicted molar refractivity (Wildman–Crippen MR) is 160 cm³/mol. The number of furan rings is 2. The largest absolute Gasteiger partial charge is 0.456 e. The fourth-order valence-corrected chi connectivity index (χ4v) is 5.96. The molecule has 40 heavy (non-hydrogen) atoms. The lowest BCUT2D eigenvalue weighted by Crippen LogP contribution is -1.97. The Labute approximate surface area is 227 Å². The number of pyridine rings is 1. The molecule has 0 aliphatic carbocycles. The molecule has 0 unspecified atom stereocenters. The van der Waals surface area contributed by atoms with Crippen LogP contribution in [0.3, 0.4) is 0 Å². The third-order valence-electron chi connectivity index (χ3n) is 7.70. The van der Waals surface area contributed by atoms with Crippen LogP contribution in [-0.2, 0) is 0 Å². The molecule has 0 aliphatic rings. The number of aromatic nitrogens is 3. The maximum atomic E-state index is 6.28. The van der Waals surface area contributed by atoms with E-state index in [2.05, 4.69) is 42.5 Å². The van der Waals surface area contributed by atoms with Crippen molar-refractivity contribution in [1.29, 1.82) is 0 Å². The number of hydrogen-bond acceptors (Lipinski definition) is 5. The second-order valence-corrected chi connectivity index (χ2v) is 9.98. The average Bonchev–Trinajstić information content (AvgIpc) is 3.59. The van der Waals surface area contributed by atoms with Gasteiger partial charge in [-0.1, -0.05) is 91.0 Å². The Morgan fingerprint density at radius 1 is 0.400 bits per heavy atom. The van der Waals surface area contributed by atoms with Crippen molar-refractivity contribution in [1.82, 2.24) is 15.0 Å². The first-order valence-corrected chi connectivity index (χ1v) is 13.2. The van der Waals surface area contributed by atoms with E-state index in [1.807, 2.05) is 72.8 Å². The molecule has 0 N–H and O–H groups in total. The molecule has 0 radical (unpaired) electrons. The SMILES string of the molecule is c1ccc(-c2nc(-c3nc4ccc5oc6ccccc6c5c4c4ccccc34)nc3oc4ccccc4c23)cc1. The van der Waals surface area contributed by atoms with Crippen LogP contribution in [-0.4, -0.2) is 15.0 Å². The highest BCUT2D eigenvalue weighted by molar-refractivity contribution is 6.27. The fraction of sp³-hybridized carbons (Fsp3) is 0. The monoisotopic (exact) mass is 513 g/mol. The molecule has 0 aliphatic heterocycles. The predicted octanol–water partition coefficient (Wildman–Crippen LogP) is 9.31. The Morgan fingerprint density at radius 2 is 1.05 bits per heavy atom. The van der Waals surface area contributed by atoms with Crippen LogP contribution < -0.4 is 0 Å². The quantitative estimate of drug-likeness (QED) is 0.216. The van der Waals surface area contributed by atoms with Crippen molar-refractivity contribution >= 4 is 65.7 Å². The van der Waals surface area contributed by atoms with E-state index in [0.29, 0.717) is 11.5 Å². The Hall–Kier alpha value is -5.55. The van der Waals surface area contributed by atoms with Gasteiger partial charge >= 0.3 is 0 Å². The second kappa shape index (κ2) is 7.98. The van der Waals surface area contributed by atoms with Crippen LogP contribution in [0.15, 0.2) is 124 Å². The van der Waals surface area contributed by atoms with E-state index in [-0.39, 0.29) is 0 Å². The molecule has 4 aromatic heterocycles. The summed E-state index contributed by atoms with van der Waals surface area (Å²) in [5.74, 6) is 0.528. The second-order valence-electron chi connectivity index (χ2n) is 9.98. The Morgan fingerprint density at radius 3 is 1.85 bits per heavy atom. The zero-order valence-electron chi connectivity index (χ0n) is 21.1. The molecule has 5 heteroatoms. The van der Waals surface area contributed by atoms with Crippen LogP contribution in [0.1, 0.15) is 0 Å². The molecule has 0 saturated heterocycles. The summed E-state index contributed by atoms with van der Waals surface area (Å²) < 4.78 is 12.5. The lowest BCUT2D eigenvalue weighted by molar-refractivity contribution is 0.653. The molecule has 5 aromatic carbocycles. The number of hydrogen-bond donors (Lipinski definition) is 0. The third kappa shape index (κ3) is 2.94. The van der Waals surface area contributed by atoms with E-state index < -0.39 is 0 Å². The standard InChI is InChI=1S/C35H19N3O2/c1-2-10-20(11-3-1)32-31-24-15-7-9-17-27(24)40-35(31)38-34(37-32)33-22-13-5-4-12-21(22)29-25(36-33)18-19-28-30(29)23-14-6-8-16-26(23)39-28/h1-19H. The number of para-hydroxylation sites is 2. The Balaban J connectivity index is 1.42. The first-order valence-electron chi connectivity index (χ1n) is 13.2. The highest BCUT2D eigenvalue weighted by Gasteiger charge is 2.21. The molecule has 0 fully saturated rings. The molecule has 9 rings (SSSR count). The van der Waals surface area contributed by atoms with E-state index in [1.54, 1.807) is 0 Å². The zero-order chi connectivity index (χ0) is 26.2. The normalized spacial score (nSPS) is 12.0. The molecule has 0 spiro atoms. The molecule has 0 bridgehead atoms. The molecule has 0 atom stereocenters. The van der Waals surface area contributed by atoms with Gasteiger partial charge in [-0.15, -0.1) is 0 Å². The van der Waals surface area contributed by atoms with Crippen molar-refractivity contribution in [2.45, 2.75) is 0 Å². The van der Waals surface area contributed by atoms with Gasteiger partial charge in [0.2, 0.25) is 5.71 Å². The maximum Gasteiger partial charge on any atom is 0.231 e. The Kier molecular flexibility index (Phi) is 4.27. The van der Waals surface area contributed by atoms with Gasteiger partial charge in [0.05, 0.1) is 16.6 Å². The van der Waals surface area contributed by atoms with E-state index in [0.717, 1.165) is 76.9 Å². The minimum Gasteiger partial charge on any atom is -0.456 e. The molecular weight excluding hydrogens is 494 g/mol. The van der Waals surface area contributed by atoms with Crippen molar-refractivity contribution < 1.29 is 8.83 Å². The number of fused-ring (bicyclic) bond motifs is 10. The number of benzene rings is 5. The summed E-state index contributed by atoms with van der Waals surface area (Å²) in [7, 11) is 0. The molecular formula is C35H19N3O2. The van der Waals surface area contributed by atoms with Crippen LogP contribution >= 0.6 is 0 Å². The molecule has 186 valence electrons. The van der Waals surface area contributed by atoms with Gasteiger partial charge in [0.15, 0.2) is 5.82 Å². The lowest BCUT2D eigenvalue weighted by Gasteiger charge is -2.11. The smallest absolute Gasteiger partial charge is 0.231 e. The summed E-state index contributed by atoms with van der Waals surface area (Å²) in [6, 6.07) is 38.7. The zero-order valence-corrected chi connectivity index (χ0v) is 21.1. The van der Waals surface area contributed by atoms with Crippen molar-refractivity contribution in [2.75, 3.05) is 0 Å². The average molecular weight is 514 g/mol. The summed E-state index contributed by atoms with van der Waals surface area (Å²) >= 11 is 0. The van der Waals surface area contributed by atoms with Crippen LogP contribution in [0.2, 0.25) is 0 Å². The topological polar surface area (TPSA) is 65.0 Å². The van der Waals surface area contributed by atoms with E-state index >= 15 is 0 Å². The maximum absolute atomic E-state index is 6.28. The number of nitrogens with zero attached hydrogens (tertiary/aromatic N) is 3. The van der Waals surface area contributed by atoms with Crippen LogP contribution in [0.5, 0.6) is 0 Å². The summed E-state index contributed by atoms with van der Waals surface area (Å²) in [6.07, 6.45) is 0. The molecule has 0 saturated carbocycles. The van der Waals surface area contributed by atoms with Crippen LogP contribution in [0.4, 0.5) is 0 Å². The van der Waals surface area contributed by atoms with Gasteiger partial charge in [-0.3, -0.25) is 0 Å². The van der Waals surface area contributed by atoms with E-state index in [4.69, 9.17) is 23.8 Å². The van der Waals surface area contributed by atoms with Gasteiger partial charge < -0.3 is 8.83 Å². The van der Waals surface area contributed by atoms with Crippen LogP contribution in [0, 0.1) is 0 Å². The van der Waals surface area contributed by atoms with Gasteiger partial charge in [0, 0.05) is 32.5 Å². The number of rotatable bonds is 2. The van der Waals surface area contributed by atoms with E-state index in [1.165, 1.54) is 0 Å². The van der Waals surface area contributed by atoms with Gasteiger partial charge in [0.25, 0.3) is 0 Å². The first kappa shape index (κ1) is 21.4. The lowest BCUT2D eigenvalue weighted by atomic mass is 9.99. The molecule has 4 heterocycles. The van der Waals surface area contributed by atoms with Crippen molar-refractivity contribution in [2.24, 2.45) is 0 Å². The molecule has 0 amide bonds. The van der Waals surface area contributed by atoms with E-state index in [9.17, 15) is 0 Å². The van der Waals surface area contributed by atoms with Crippen molar-refractivity contribution in [3.63, 3.8) is 0 Å². The van der Waals surface area contributed by atoms with Gasteiger partial charge in [0.1, 0.15) is 22.4 Å². The highest BCUT2D eigenvalue weighted by Crippen LogP contribution is 2.41. The summed E-state index contributed by atoms with van der Waals surface area (Å²) in [6.45, 7) is 0. The summed E-state index contributed by atoms with van der Waals surface area (Å²) in [4.78, 5) is 15.3. The van der Waals surface area contributed by atoms with Gasteiger partial charge in [-0.25, -0.2) is 9.97 Å². The Bertz CT molecular complexity index is 2440. The van der Waals surface area contributed by atoms with Gasteiger partial charge in [-0.05, 0) is 29.7 Å². The minimum absolute atomic E-state index is 0.528.